The minimum atomic E-state index is -0.0142. The van der Waals surface area contributed by atoms with Crippen LogP contribution in [0.2, 0.25) is 0 Å². The summed E-state index contributed by atoms with van der Waals surface area (Å²) < 4.78 is 2.47. The molecule has 0 fully saturated rings. The predicted octanol–water partition coefficient (Wildman–Crippen LogP) is 6.07. The summed E-state index contributed by atoms with van der Waals surface area (Å²) in [5, 5.41) is 9.71. The minimum Gasteiger partial charge on any atom is -0.341 e. The fourth-order valence-electron chi connectivity index (χ4n) is 5.53. The van der Waals surface area contributed by atoms with Gasteiger partial charge in [-0.1, -0.05) is 60.7 Å². The van der Waals surface area contributed by atoms with Gasteiger partial charge in [0, 0.05) is 52.2 Å². The molecule has 0 saturated carbocycles. The first kappa shape index (κ1) is 17.5. The van der Waals surface area contributed by atoms with Gasteiger partial charge in [-0.05, 0) is 43.0 Å². The van der Waals surface area contributed by atoms with Crippen molar-refractivity contribution in [2.75, 3.05) is 4.90 Å². The topological polar surface area (TPSA) is 32.0 Å². The van der Waals surface area contributed by atoms with Crippen LogP contribution in [-0.2, 0) is 13.0 Å². The molecule has 148 valence electrons. The third-order valence-electron chi connectivity index (χ3n) is 6.83. The summed E-state index contributed by atoms with van der Waals surface area (Å²) in [5.74, 6) is 0.409. The van der Waals surface area contributed by atoms with Crippen molar-refractivity contribution < 1.29 is 0 Å². The van der Waals surface area contributed by atoms with E-state index in [0.29, 0.717) is 5.92 Å². The van der Waals surface area contributed by atoms with E-state index in [9.17, 15) is 0 Å². The van der Waals surface area contributed by atoms with E-state index in [1.165, 1.54) is 39.1 Å². The largest absolute Gasteiger partial charge is 0.341 e. The minimum absolute atomic E-state index is 0.0142. The van der Waals surface area contributed by atoms with E-state index in [4.69, 9.17) is 5.41 Å². The van der Waals surface area contributed by atoms with Gasteiger partial charge in [0.2, 0.25) is 0 Å². The van der Waals surface area contributed by atoms with Gasteiger partial charge >= 0.3 is 0 Å². The summed E-state index contributed by atoms with van der Waals surface area (Å²) >= 11 is 0. The third kappa shape index (κ3) is 2.48. The molecule has 2 aliphatic carbocycles. The Morgan fingerprint density at radius 2 is 1.93 bits per heavy atom. The number of nitrogens with zero attached hydrogens (tertiary/aromatic N) is 2. The lowest BCUT2D eigenvalue weighted by atomic mass is 9.92. The quantitative estimate of drug-likeness (QED) is 0.538. The average molecular weight is 392 g/mol. The second kappa shape index (κ2) is 6.88. The first-order chi connectivity index (χ1) is 14.9. The van der Waals surface area contributed by atoms with E-state index in [0.717, 1.165) is 25.8 Å². The van der Waals surface area contributed by atoms with E-state index >= 15 is 0 Å². The summed E-state index contributed by atoms with van der Waals surface area (Å²) in [5.41, 5.74) is 8.03. The fourth-order valence-corrected chi connectivity index (χ4v) is 5.53. The third-order valence-corrected chi connectivity index (χ3v) is 6.83. The number of hydrogen-bond acceptors (Lipinski definition) is 2. The standard InChI is InChI=1S/C27H25N3/c28-17-19(30-26-15-7-3-11-22(26)23-12-4-8-16-27(23)30)18-29-24-13-5-1-9-20(24)21-10-2-6-14-25(21)29/h1-5,7-11,13,15-17,19,23,28H,6,12,14,18H2. The van der Waals surface area contributed by atoms with Crippen LogP contribution in [0.1, 0.15) is 35.6 Å². The van der Waals surface area contributed by atoms with E-state index in [2.05, 4.69) is 88.4 Å². The summed E-state index contributed by atoms with van der Waals surface area (Å²) in [6, 6.07) is 17.4. The maximum atomic E-state index is 8.38. The monoisotopic (exact) mass is 391 g/mol. The molecule has 0 saturated heterocycles. The summed E-state index contributed by atoms with van der Waals surface area (Å²) in [6.45, 7) is 0.787. The number of fused-ring (bicyclic) bond motifs is 6. The molecular weight excluding hydrogens is 366 g/mol. The zero-order valence-corrected chi connectivity index (χ0v) is 17.0. The molecule has 3 aliphatic rings. The van der Waals surface area contributed by atoms with E-state index in [-0.39, 0.29) is 6.04 Å². The SMILES string of the molecule is N=CC(Cn1c2c(c3ccccc31)C=CCC2)N1C2=CC=CCC2c2ccccc21. The van der Waals surface area contributed by atoms with Gasteiger partial charge in [0.05, 0.1) is 6.04 Å². The maximum Gasteiger partial charge on any atom is 0.0862 e. The number of aromatic nitrogens is 1. The first-order valence-electron chi connectivity index (χ1n) is 10.9. The van der Waals surface area contributed by atoms with Gasteiger partial charge in [-0.2, -0.15) is 0 Å². The molecule has 3 aromatic rings. The van der Waals surface area contributed by atoms with E-state index in [1.807, 2.05) is 0 Å². The van der Waals surface area contributed by atoms with Crippen molar-refractivity contribution in [3.05, 3.63) is 95.4 Å². The highest BCUT2D eigenvalue weighted by atomic mass is 15.2. The number of benzene rings is 2. The van der Waals surface area contributed by atoms with Gasteiger partial charge in [-0.25, -0.2) is 0 Å². The Kier molecular flexibility index (Phi) is 4.02. The van der Waals surface area contributed by atoms with Gasteiger partial charge in [-0.15, -0.1) is 0 Å². The summed E-state index contributed by atoms with van der Waals surface area (Å²) in [7, 11) is 0. The zero-order chi connectivity index (χ0) is 20.1. The summed E-state index contributed by atoms with van der Waals surface area (Å²) in [4.78, 5) is 2.41. The average Bonchev–Trinajstić information content (AvgIpc) is 3.31. The van der Waals surface area contributed by atoms with Crippen molar-refractivity contribution in [2.45, 2.75) is 37.8 Å². The second-order valence-electron chi connectivity index (χ2n) is 8.40. The Bertz CT molecular complexity index is 1240. The molecule has 0 bridgehead atoms. The van der Waals surface area contributed by atoms with Gasteiger partial charge < -0.3 is 14.9 Å². The van der Waals surface area contributed by atoms with Crippen LogP contribution >= 0.6 is 0 Å². The molecule has 2 heterocycles. The molecule has 0 amide bonds. The smallest absolute Gasteiger partial charge is 0.0862 e. The van der Waals surface area contributed by atoms with Crippen LogP contribution in [0.4, 0.5) is 5.69 Å². The zero-order valence-electron chi connectivity index (χ0n) is 17.0. The highest BCUT2D eigenvalue weighted by Crippen LogP contribution is 2.48. The number of hydrogen-bond donors (Lipinski definition) is 1. The van der Waals surface area contributed by atoms with Crippen molar-refractivity contribution >= 4 is 28.9 Å². The highest BCUT2D eigenvalue weighted by Gasteiger charge is 2.37. The van der Waals surface area contributed by atoms with Crippen LogP contribution in [0.25, 0.3) is 17.0 Å². The molecule has 2 aromatic carbocycles. The Balaban J connectivity index is 1.47. The van der Waals surface area contributed by atoms with Crippen molar-refractivity contribution in [2.24, 2.45) is 0 Å². The van der Waals surface area contributed by atoms with Gasteiger partial charge in [-0.3, -0.25) is 0 Å². The molecule has 1 aromatic heterocycles. The number of para-hydroxylation sites is 2. The lowest BCUT2D eigenvalue weighted by Gasteiger charge is -2.31. The number of anilines is 1. The first-order valence-corrected chi connectivity index (χ1v) is 10.9. The molecule has 2 unspecified atom stereocenters. The van der Waals surface area contributed by atoms with Gasteiger partial charge in [0.25, 0.3) is 0 Å². The number of rotatable bonds is 4. The molecular formula is C27H25N3. The van der Waals surface area contributed by atoms with Crippen LogP contribution in [0.3, 0.4) is 0 Å². The number of nitrogens with one attached hydrogen (secondary N) is 1. The number of allylic oxidation sites excluding steroid dienone is 5. The van der Waals surface area contributed by atoms with Crippen molar-refractivity contribution in [1.29, 1.82) is 5.41 Å². The van der Waals surface area contributed by atoms with Crippen LogP contribution in [0.5, 0.6) is 0 Å². The predicted molar refractivity (Wildman–Crippen MR) is 125 cm³/mol. The molecule has 0 spiro atoms. The molecule has 1 aliphatic heterocycles. The highest BCUT2D eigenvalue weighted by molar-refractivity contribution is 5.92. The Labute approximate surface area is 177 Å². The lowest BCUT2D eigenvalue weighted by Crippen LogP contribution is -2.38. The molecule has 3 nitrogen and oxygen atoms in total. The summed E-state index contributed by atoms with van der Waals surface area (Å²) in [6.07, 6.45) is 16.1. The van der Waals surface area contributed by atoms with Gasteiger partial charge in [0.15, 0.2) is 0 Å². The Hall–Kier alpha value is -3.33. The Morgan fingerprint density at radius 1 is 1.07 bits per heavy atom. The van der Waals surface area contributed by atoms with Crippen LogP contribution in [0, 0.1) is 5.41 Å². The molecule has 3 heteroatoms. The van der Waals surface area contributed by atoms with E-state index < -0.39 is 0 Å². The second-order valence-corrected chi connectivity index (χ2v) is 8.40. The van der Waals surface area contributed by atoms with Crippen LogP contribution in [-0.4, -0.2) is 16.8 Å². The van der Waals surface area contributed by atoms with Gasteiger partial charge in [0.1, 0.15) is 0 Å². The molecule has 2 atom stereocenters. The maximum absolute atomic E-state index is 8.38. The van der Waals surface area contributed by atoms with E-state index in [1.54, 1.807) is 6.21 Å². The van der Waals surface area contributed by atoms with Crippen molar-refractivity contribution in [3.63, 3.8) is 0 Å². The van der Waals surface area contributed by atoms with Crippen LogP contribution in [0.15, 0.2) is 78.5 Å². The van der Waals surface area contributed by atoms with Crippen molar-refractivity contribution in [3.8, 4) is 0 Å². The lowest BCUT2D eigenvalue weighted by molar-refractivity contribution is 0.617. The normalized spacial score (nSPS) is 19.9. The molecule has 1 N–H and O–H groups in total. The molecule has 6 rings (SSSR count). The van der Waals surface area contributed by atoms with Crippen LogP contribution < -0.4 is 4.90 Å². The fraction of sp³-hybridized carbons (Fsp3) is 0.222. The Morgan fingerprint density at radius 3 is 2.87 bits per heavy atom. The molecule has 30 heavy (non-hydrogen) atoms. The van der Waals surface area contributed by atoms with Crippen molar-refractivity contribution in [1.82, 2.24) is 4.57 Å². The molecule has 0 radical (unpaired) electrons.